The summed E-state index contributed by atoms with van der Waals surface area (Å²) in [6.07, 6.45) is 0. The van der Waals surface area contributed by atoms with Gasteiger partial charge in [-0.3, -0.25) is 18.8 Å². The van der Waals surface area contributed by atoms with Gasteiger partial charge < -0.3 is 0 Å². The second kappa shape index (κ2) is 201. The SMILES string of the molecule is F.F.F.F.[SiH4].[Zr]. The molecule has 0 spiro atoms. The summed E-state index contributed by atoms with van der Waals surface area (Å²) in [5.41, 5.74) is 0. The van der Waals surface area contributed by atoms with Crippen LogP contribution in [0.25, 0.3) is 0 Å². The van der Waals surface area contributed by atoms with Crippen LogP contribution in [-0.4, -0.2) is 11.0 Å². The Morgan fingerprint density at radius 1 is 0.500 bits per heavy atom. The monoisotopic (exact) mass is 202 g/mol. The molecule has 0 bridgehead atoms. The molecule has 0 aliphatic rings. The normalized spacial score (nSPS) is 0. The van der Waals surface area contributed by atoms with Crippen LogP contribution in [0.15, 0.2) is 0 Å². The molecule has 0 nitrogen and oxygen atoms in total. The summed E-state index contributed by atoms with van der Waals surface area (Å²) in [7, 11) is 0. The van der Waals surface area contributed by atoms with Gasteiger partial charge in [-0.1, -0.05) is 0 Å². The Bertz CT molecular complexity index is 7.51. The van der Waals surface area contributed by atoms with Gasteiger partial charge in [0.1, 0.15) is 0 Å². The first-order chi connectivity index (χ1) is 0. The van der Waals surface area contributed by atoms with Crippen molar-refractivity contribution in [3.8, 4) is 0 Å². The molecule has 0 N–H and O–H groups in total. The predicted molar refractivity (Wildman–Crippen MR) is 21.3 cm³/mol. The maximum Gasteiger partial charge on any atom is 0 e. The molecule has 0 aliphatic heterocycles. The standard InChI is InChI=1S/4FH.H4Si.Zr/h4*1H;1H4;. The Morgan fingerprint density at radius 2 is 0.500 bits per heavy atom. The van der Waals surface area contributed by atoms with E-state index in [2.05, 4.69) is 0 Å². The molecule has 44 valence electrons. The van der Waals surface area contributed by atoms with Gasteiger partial charge in [0, 0.05) is 26.2 Å². The fraction of sp³-hybridized carbons (Fsp3) is 0. The molecule has 0 aromatic carbocycles. The molecule has 0 aromatic rings. The molecule has 0 heterocycles. The summed E-state index contributed by atoms with van der Waals surface area (Å²) >= 11 is 0. The Hall–Kier alpha value is 0.820. The van der Waals surface area contributed by atoms with Crippen LogP contribution in [0.3, 0.4) is 0 Å². The van der Waals surface area contributed by atoms with Gasteiger partial charge in [-0.25, -0.2) is 0 Å². The van der Waals surface area contributed by atoms with Gasteiger partial charge in [0.2, 0.25) is 0 Å². The first-order valence-corrected chi connectivity index (χ1v) is 0. The van der Waals surface area contributed by atoms with Gasteiger partial charge in [0.05, 0.1) is 0 Å². The van der Waals surface area contributed by atoms with Gasteiger partial charge in [-0.2, -0.15) is 0 Å². The quantitative estimate of drug-likeness (QED) is 0.356. The minimum absolute atomic E-state index is 0. The van der Waals surface area contributed by atoms with Crippen LogP contribution in [0.5, 0.6) is 0 Å². The minimum atomic E-state index is 0. The molecule has 0 atom stereocenters. The second-order valence-corrected chi connectivity index (χ2v) is 0. The van der Waals surface area contributed by atoms with Crippen LogP contribution in [0, 0.1) is 0 Å². The molecule has 0 saturated heterocycles. The van der Waals surface area contributed by atoms with E-state index in [4.69, 9.17) is 0 Å². The summed E-state index contributed by atoms with van der Waals surface area (Å²) < 4.78 is 0. The average Bonchev–Trinajstić information content (AvgIpc) is 0. The Balaban J connectivity index is 0. The van der Waals surface area contributed by atoms with E-state index < -0.39 is 0 Å². The van der Waals surface area contributed by atoms with E-state index in [0.717, 1.165) is 0 Å². The number of hydrogen-bond donors (Lipinski definition) is 0. The molecule has 0 rings (SSSR count). The molecular formula is H8F4SiZr. The van der Waals surface area contributed by atoms with E-state index in [-0.39, 0.29) is 56.0 Å². The zero-order chi connectivity index (χ0) is 0. The van der Waals surface area contributed by atoms with Crippen LogP contribution < -0.4 is 0 Å². The molecule has 0 aliphatic carbocycles. The van der Waals surface area contributed by atoms with E-state index in [1.165, 1.54) is 0 Å². The van der Waals surface area contributed by atoms with E-state index in [1.54, 1.807) is 0 Å². The van der Waals surface area contributed by atoms with Crippen LogP contribution in [0.4, 0.5) is 18.8 Å². The Morgan fingerprint density at radius 3 is 0.500 bits per heavy atom. The zero-order valence-corrected chi connectivity index (χ0v) is 4.59. The number of rotatable bonds is 0. The van der Waals surface area contributed by atoms with Gasteiger partial charge in [0.25, 0.3) is 0 Å². The molecule has 0 amide bonds. The minimum Gasteiger partial charge on any atom is -0.269 e. The molecule has 6 heavy (non-hydrogen) atoms. The van der Waals surface area contributed by atoms with Gasteiger partial charge >= 0.3 is 0 Å². The van der Waals surface area contributed by atoms with Crippen molar-refractivity contribution >= 4 is 11.0 Å². The van der Waals surface area contributed by atoms with Crippen molar-refractivity contribution in [2.75, 3.05) is 0 Å². The molecule has 0 aromatic heterocycles. The van der Waals surface area contributed by atoms with E-state index >= 15 is 0 Å². The molecular weight excluding hydrogens is 195 g/mol. The first-order valence-electron chi connectivity index (χ1n) is 0. The Labute approximate surface area is 56.3 Å². The third-order valence-corrected chi connectivity index (χ3v) is 0. The van der Waals surface area contributed by atoms with E-state index in [0.29, 0.717) is 0 Å². The molecule has 0 fully saturated rings. The van der Waals surface area contributed by atoms with Crippen molar-refractivity contribution in [2.45, 2.75) is 0 Å². The molecule has 0 unspecified atom stereocenters. The van der Waals surface area contributed by atoms with Crippen molar-refractivity contribution in [2.24, 2.45) is 0 Å². The summed E-state index contributed by atoms with van der Waals surface area (Å²) in [5.74, 6) is 0. The van der Waals surface area contributed by atoms with Crippen molar-refractivity contribution in [3.63, 3.8) is 0 Å². The smallest absolute Gasteiger partial charge is 0 e. The number of hydrogen-bond acceptors (Lipinski definition) is 0. The molecule has 6 heteroatoms. The second-order valence-electron chi connectivity index (χ2n) is 0. The molecule has 0 radical (unpaired) electrons. The largest absolute Gasteiger partial charge is 0.269 e. The summed E-state index contributed by atoms with van der Waals surface area (Å²) in [6.45, 7) is 0. The molecule has 0 saturated carbocycles. The van der Waals surface area contributed by atoms with E-state index in [1.807, 2.05) is 0 Å². The van der Waals surface area contributed by atoms with Crippen molar-refractivity contribution in [1.82, 2.24) is 0 Å². The van der Waals surface area contributed by atoms with Crippen LogP contribution >= 0.6 is 0 Å². The van der Waals surface area contributed by atoms with Gasteiger partial charge in [0.15, 0.2) is 0 Å². The zero-order valence-electron chi connectivity index (χ0n) is 2.13. The predicted octanol–water partition coefficient (Wildman–Crippen LogP) is -0.844. The Kier molecular flexibility index (Phi) is 11500. The summed E-state index contributed by atoms with van der Waals surface area (Å²) in [5, 5.41) is 0. The summed E-state index contributed by atoms with van der Waals surface area (Å²) in [4.78, 5) is 0. The number of halogens is 4. The van der Waals surface area contributed by atoms with Crippen LogP contribution in [-0.2, 0) is 26.2 Å². The van der Waals surface area contributed by atoms with Crippen molar-refractivity contribution in [3.05, 3.63) is 0 Å². The van der Waals surface area contributed by atoms with E-state index in [9.17, 15) is 0 Å². The third-order valence-electron chi connectivity index (χ3n) is 0. The fourth-order valence-corrected chi connectivity index (χ4v) is 0. The summed E-state index contributed by atoms with van der Waals surface area (Å²) in [6, 6.07) is 0. The maximum absolute atomic E-state index is 0. The van der Waals surface area contributed by atoms with Crippen LogP contribution in [0.2, 0.25) is 0 Å². The van der Waals surface area contributed by atoms with Gasteiger partial charge in [-0.15, -0.1) is 0 Å². The van der Waals surface area contributed by atoms with Crippen molar-refractivity contribution < 1.29 is 45.0 Å². The van der Waals surface area contributed by atoms with Crippen LogP contribution in [0.1, 0.15) is 0 Å². The first kappa shape index (κ1) is 344. The van der Waals surface area contributed by atoms with Gasteiger partial charge in [-0.05, 0) is 11.0 Å². The maximum atomic E-state index is 0. The average molecular weight is 203 g/mol. The topological polar surface area (TPSA) is 0 Å². The van der Waals surface area contributed by atoms with Crippen molar-refractivity contribution in [1.29, 1.82) is 0 Å². The fourth-order valence-electron chi connectivity index (χ4n) is 0. The third kappa shape index (κ3) is 105.